The SMILES string of the molecule is C#CCc1cc(C)c2[nH]ccc2c1CN1CC[C@@H](C2CC2)C[C@H]1c1ccc(C(=O)O)cc1. The van der Waals surface area contributed by atoms with Gasteiger partial charge < -0.3 is 10.1 Å². The maximum Gasteiger partial charge on any atom is 0.335 e. The number of likely N-dealkylation sites (tertiary alicyclic amines) is 1. The Kier molecular flexibility index (Phi) is 5.53. The first-order valence-corrected chi connectivity index (χ1v) is 11.6. The summed E-state index contributed by atoms with van der Waals surface area (Å²) in [7, 11) is 0. The normalized spacial score (nSPS) is 21.5. The minimum atomic E-state index is -0.874. The zero-order valence-electron chi connectivity index (χ0n) is 18.6. The predicted molar refractivity (Wildman–Crippen MR) is 128 cm³/mol. The molecule has 164 valence electrons. The Labute approximate surface area is 189 Å². The molecule has 1 aromatic heterocycles. The van der Waals surface area contributed by atoms with Crippen molar-refractivity contribution in [2.24, 2.45) is 11.8 Å². The summed E-state index contributed by atoms with van der Waals surface area (Å²) in [6, 6.07) is 12.2. The number of benzene rings is 2. The number of hydrogen-bond donors (Lipinski definition) is 2. The van der Waals surface area contributed by atoms with Crippen LogP contribution < -0.4 is 0 Å². The molecule has 2 N–H and O–H groups in total. The number of aromatic amines is 1. The number of fused-ring (bicyclic) bond motifs is 1. The zero-order valence-corrected chi connectivity index (χ0v) is 18.6. The maximum atomic E-state index is 11.3. The van der Waals surface area contributed by atoms with Crippen molar-refractivity contribution >= 4 is 16.9 Å². The van der Waals surface area contributed by atoms with Crippen LogP contribution in [0, 0.1) is 31.1 Å². The van der Waals surface area contributed by atoms with Crippen molar-refractivity contribution in [1.82, 2.24) is 9.88 Å². The number of hydrogen-bond acceptors (Lipinski definition) is 2. The van der Waals surface area contributed by atoms with Crippen molar-refractivity contribution in [1.29, 1.82) is 0 Å². The number of nitrogens with one attached hydrogen (secondary N) is 1. The fraction of sp³-hybridized carbons (Fsp3) is 0.393. The van der Waals surface area contributed by atoms with Gasteiger partial charge in [0, 0.05) is 36.1 Å². The molecular weight excluding hydrogens is 396 g/mol. The van der Waals surface area contributed by atoms with Gasteiger partial charge in [-0.05, 0) is 91.4 Å². The van der Waals surface area contributed by atoms with Gasteiger partial charge in [-0.25, -0.2) is 4.79 Å². The molecule has 0 unspecified atom stereocenters. The Balaban J connectivity index is 1.50. The fourth-order valence-corrected chi connectivity index (χ4v) is 5.62. The zero-order chi connectivity index (χ0) is 22.2. The lowest BCUT2D eigenvalue weighted by atomic mass is 9.83. The van der Waals surface area contributed by atoms with Crippen LogP contribution in [0.1, 0.15) is 64.3 Å². The smallest absolute Gasteiger partial charge is 0.335 e. The van der Waals surface area contributed by atoms with E-state index in [1.54, 1.807) is 12.1 Å². The highest BCUT2D eigenvalue weighted by Crippen LogP contribution is 2.47. The molecule has 2 aromatic carbocycles. The average molecular weight is 427 g/mol. The molecule has 2 atom stereocenters. The standard InChI is InChI=1S/C28H30N2O2/c1-3-4-23-15-18(2)27-24(11-13-29-27)25(23)17-30-14-12-22(19-5-6-19)16-26(30)20-7-9-21(10-8-20)28(31)32/h1,7-11,13,15,19,22,26,29H,4-6,12,14,16-17H2,2H3,(H,31,32)/t22-,26+/m1/s1. The summed E-state index contributed by atoms with van der Waals surface area (Å²) in [5, 5.41) is 10.6. The minimum absolute atomic E-state index is 0.297. The van der Waals surface area contributed by atoms with E-state index < -0.39 is 5.97 Å². The molecule has 4 heteroatoms. The van der Waals surface area contributed by atoms with Gasteiger partial charge in [-0.1, -0.05) is 18.2 Å². The molecule has 0 amide bonds. The first-order valence-electron chi connectivity index (χ1n) is 11.6. The summed E-state index contributed by atoms with van der Waals surface area (Å²) < 4.78 is 0. The van der Waals surface area contributed by atoms with Gasteiger partial charge in [-0.3, -0.25) is 4.90 Å². The van der Waals surface area contributed by atoms with Crippen LogP contribution >= 0.6 is 0 Å². The van der Waals surface area contributed by atoms with Crippen molar-refractivity contribution in [2.45, 2.75) is 51.6 Å². The van der Waals surface area contributed by atoms with Crippen LogP contribution in [-0.4, -0.2) is 27.5 Å². The third kappa shape index (κ3) is 3.94. The van der Waals surface area contributed by atoms with E-state index in [-0.39, 0.29) is 0 Å². The molecule has 2 heterocycles. The second-order valence-corrected chi connectivity index (χ2v) is 9.51. The van der Waals surface area contributed by atoms with Crippen molar-refractivity contribution in [3.05, 3.63) is 70.4 Å². The highest BCUT2D eigenvalue weighted by molar-refractivity contribution is 5.88. The number of terminal acetylenes is 1. The number of carboxylic acid groups (broad SMARTS) is 1. The number of aromatic nitrogens is 1. The average Bonchev–Trinajstić information content (AvgIpc) is 3.52. The van der Waals surface area contributed by atoms with Gasteiger partial charge in [-0.2, -0.15) is 0 Å². The number of nitrogens with zero attached hydrogens (tertiary/aromatic N) is 1. The Hall–Kier alpha value is -3.03. The first-order chi connectivity index (χ1) is 15.5. The number of carboxylic acids is 1. The lowest BCUT2D eigenvalue weighted by molar-refractivity contribution is 0.0696. The summed E-state index contributed by atoms with van der Waals surface area (Å²) in [5.41, 5.74) is 6.54. The molecule has 5 rings (SSSR count). The third-order valence-corrected chi connectivity index (χ3v) is 7.48. The maximum absolute atomic E-state index is 11.3. The number of piperidine rings is 1. The Morgan fingerprint density at radius 2 is 1.97 bits per heavy atom. The number of rotatable bonds is 6. The van der Waals surface area contributed by atoms with Crippen LogP contribution in [0.3, 0.4) is 0 Å². The van der Waals surface area contributed by atoms with Gasteiger partial charge in [-0.15, -0.1) is 12.3 Å². The Morgan fingerprint density at radius 1 is 1.19 bits per heavy atom. The van der Waals surface area contributed by atoms with Gasteiger partial charge >= 0.3 is 5.97 Å². The summed E-state index contributed by atoms with van der Waals surface area (Å²) in [5.74, 6) is 3.63. The summed E-state index contributed by atoms with van der Waals surface area (Å²) >= 11 is 0. The molecule has 32 heavy (non-hydrogen) atoms. The molecule has 1 aliphatic carbocycles. The van der Waals surface area contributed by atoms with E-state index in [0.29, 0.717) is 18.0 Å². The van der Waals surface area contributed by atoms with Crippen LogP contribution in [-0.2, 0) is 13.0 Å². The molecule has 1 saturated carbocycles. The third-order valence-electron chi connectivity index (χ3n) is 7.48. The van der Waals surface area contributed by atoms with Crippen LogP contribution in [0.25, 0.3) is 10.9 Å². The molecule has 2 aliphatic rings. The largest absolute Gasteiger partial charge is 0.478 e. The van der Waals surface area contributed by atoms with Crippen molar-refractivity contribution in [3.8, 4) is 12.3 Å². The topological polar surface area (TPSA) is 56.3 Å². The molecule has 0 spiro atoms. The highest BCUT2D eigenvalue weighted by Gasteiger charge is 2.38. The summed E-state index contributed by atoms with van der Waals surface area (Å²) in [6.07, 6.45) is 13.5. The molecule has 0 radical (unpaired) electrons. The van der Waals surface area contributed by atoms with Crippen LogP contribution in [0.5, 0.6) is 0 Å². The van der Waals surface area contributed by atoms with Crippen LogP contribution in [0.2, 0.25) is 0 Å². The summed E-state index contributed by atoms with van der Waals surface area (Å²) in [6.45, 7) is 4.05. The van der Waals surface area contributed by atoms with Gasteiger partial charge in [0.2, 0.25) is 0 Å². The van der Waals surface area contributed by atoms with Crippen LogP contribution in [0.4, 0.5) is 0 Å². The van der Waals surface area contributed by atoms with E-state index >= 15 is 0 Å². The van der Waals surface area contributed by atoms with Gasteiger partial charge in [0.1, 0.15) is 0 Å². The second kappa shape index (κ2) is 8.48. The second-order valence-electron chi connectivity index (χ2n) is 9.51. The lowest BCUT2D eigenvalue weighted by Gasteiger charge is -2.40. The Bertz CT molecular complexity index is 1180. The number of aryl methyl sites for hydroxylation is 1. The summed E-state index contributed by atoms with van der Waals surface area (Å²) in [4.78, 5) is 17.3. The van der Waals surface area contributed by atoms with E-state index in [1.165, 1.54) is 52.4 Å². The number of H-pyrrole nitrogens is 1. The van der Waals surface area contributed by atoms with E-state index in [1.807, 2.05) is 18.3 Å². The van der Waals surface area contributed by atoms with Gasteiger partial charge in [0.25, 0.3) is 0 Å². The molecule has 2 fully saturated rings. The quantitative estimate of drug-likeness (QED) is 0.496. The van der Waals surface area contributed by atoms with E-state index in [4.69, 9.17) is 6.42 Å². The molecular formula is C28H30N2O2. The number of carbonyl (C=O) groups is 1. The van der Waals surface area contributed by atoms with E-state index in [2.05, 4.69) is 34.9 Å². The van der Waals surface area contributed by atoms with Gasteiger partial charge in [0.05, 0.1) is 5.56 Å². The van der Waals surface area contributed by atoms with Crippen LogP contribution in [0.15, 0.2) is 42.6 Å². The van der Waals surface area contributed by atoms with Crippen molar-refractivity contribution in [3.63, 3.8) is 0 Å². The van der Waals surface area contributed by atoms with E-state index in [0.717, 1.165) is 31.3 Å². The van der Waals surface area contributed by atoms with Crippen molar-refractivity contribution in [2.75, 3.05) is 6.54 Å². The lowest BCUT2D eigenvalue weighted by Crippen LogP contribution is -2.37. The monoisotopic (exact) mass is 426 g/mol. The Morgan fingerprint density at radius 3 is 2.66 bits per heavy atom. The van der Waals surface area contributed by atoms with Gasteiger partial charge in [0.15, 0.2) is 0 Å². The van der Waals surface area contributed by atoms with E-state index in [9.17, 15) is 9.90 Å². The fourth-order valence-electron chi connectivity index (χ4n) is 5.62. The molecule has 3 aromatic rings. The first kappa shape index (κ1) is 20.8. The molecule has 0 bridgehead atoms. The molecule has 1 saturated heterocycles. The van der Waals surface area contributed by atoms with Crippen molar-refractivity contribution < 1.29 is 9.90 Å². The highest BCUT2D eigenvalue weighted by atomic mass is 16.4. The molecule has 4 nitrogen and oxygen atoms in total. The minimum Gasteiger partial charge on any atom is -0.478 e. The molecule has 1 aliphatic heterocycles. The number of aromatic carboxylic acids is 1. The predicted octanol–water partition coefficient (Wildman–Crippen LogP) is 5.71.